The number of quaternary nitrogens is 1. The molecule has 1 saturated heterocycles. The predicted octanol–water partition coefficient (Wildman–Crippen LogP) is 2.85. The first-order valence-electron chi connectivity index (χ1n) is 8.61. The van der Waals surface area contributed by atoms with Gasteiger partial charge in [-0.3, -0.25) is 0 Å². The van der Waals surface area contributed by atoms with Crippen molar-refractivity contribution in [3.8, 4) is 5.69 Å². The van der Waals surface area contributed by atoms with E-state index in [4.69, 9.17) is 12.2 Å². The highest BCUT2D eigenvalue weighted by atomic mass is 32.1. The third-order valence-electron chi connectivity index (χ3n) is 4.81. The van der Waals surface area contributed by atoms with Crippen LogP contribution in [0.15, 0.2) is 35.7 Å². The van der Waals surface area contributed by atoms with E-state index < -0.39 is 0 Å². The maximum absolute atomic E-state index is 5.66. The van der Waals surface area contributed by atoms with Gasteiger partial charge in [-0.15, -0.1) is 11.3 Å². The Kier molecular flexibility index (Phi) is 4.54. The van der Waals surface area contributed by atoms with Crippen molar-refractivity contribution in [1.29, 1.82) is 0 Å². The normalized spacial score (nSPS) is 20.2. The molecule has 1 aliphatic heterocycles. The van der Waals surface area contributed by atoms with Crippen molar-refractivity contribution in [3.63, 3.8) is 0 Å². The van der Waals surface area contributed by atoms with Crippen LogP contribution in [0.2, 0.25) is 0 Å². The van der Waals surface area contributed by atoms with E-state index in [1.54, 1.807) is 4.68 Å². The molecule has 1 unspecified atom stereocenters. The maximum Gasteiger partial charge on any atom is 0.225 e. The zero-order valence-corrected chi connectivity index (χ0v) is 16.1. The van der Waals surface area contributed by atoms with Crippen molar-refractivity contribution in [3.05, 3.63) is 56.5 Å². The van der Waals surface area contributed by atoms with Crippen molar-refractivity contribution in [1.82, 2.24) is 19.8 Å². The number of tetrazole rings is 1. The predicted molar refractivity (Wildman–Crippen MR) is 102 cm³/mol. The van der Waals surface area contributed by atoms with Crippen LogP contribution in [0.3, 0.4) is 0 Å². The molecule has 5 nitrogen and oxygen atoms in total. The van der Waals surface area contributed by atoms with Gasteiger partial charge in [0.05, 0.1) is 17.1 Å². The lowest BCUT2D eigenvalue weighted by molar-refractivity contribution is -0.941. The van der Waals surface area contributed by atoms with E-state index in [1.165, 1.54) is 33.7 Å². The Bertz CT molecular complexity index is 905. The molecule has 1 N–H and O–H groups in total. The fourth-order valence-corrected chi connectivity index (χ4v) is 4.90. The summed E-state index contributed by atoms with van der Waals surface area (Å²) in [6, 6.07) is 11.3. The quantitative estimate of drug-likeness (QED) is 0.716. The van der Waals surface area contributed by atoms with E-state index in [0.717, 1.165) is 18.9 Å². The van der Waals surface area contributed by atoms with Gasteiger partial charge in [-0.1, -0.05) is 12.1 Å². The molecule has 0 aliphatic carbocycles. The lowest BCUT2D eigenvalue weighted by Crippen LogP contribution is -3.09. The summed E-state index contributed by atoms with van der Waals surface area (Å²) in [5, 5.41) is 10.8. The molecule has 3 aromatic rings. The van der Waals surface area contributed by atoms with E-state index in [0.29, 0.717) is 10.8 Å². The summed E-state index contributed by atoms with van der Waals surface area (Å²) in [7, 11) is 0. The first-order chi connectivity index (χ1) is 12.1. The van der Waals surface area contributed by atoms with Crippen LogP contribution < -0.4 is 4.90 Å². The number of hydrogen-bond donors (Lipinski definition) is 1. The van der Waals surface area contributed by atoms with Gasteiger partial charge in [0.1, 0.15) is 6.04 Å². The van der Waals surface area contributed by atoms with Gasteiger partial charge in [0.25, 0.3) is 0 Å². The molecule has 2 atom stereocenters. The molecule has 130 valence electrons. The second-order valence-electron chi connectivity index (χ2n) is 6.80. The number of benzene rings is 1. The molecule has 7 heteroatoms. The van der Waals surface area contributed by atoms with Crippen molar-refractivity contribution in [2.24, 2.45) is 0 Å². The number of nitrogens with zero attached hydrogens (tertiary/aromatic N) is 4. The van der Waals surface area contributed by atoms with E-state index in [-0.39, 0.29) is 0 Å². The summed E-state index contributed by atoms with van der Waals surface area (Å²) in [5.74, 6) is 0. The molecule has 1 fully saturated rings. The molecule has 2 aromatic heterocycles. The summed E-state index contributed by atoms with van der Waals surface area (Å²) in [6.45, 7) is 6.10. The summed E-state index contributed by atoms with van der Waals surface area (Å²) in [6.07, 6.45) is 2.48. The number of nitrogens with one attached hydrogen (secondary N) is 1. The van der Waals surface area contributed by atoms with Crippen molar-refractivity contribution in [2.75, 3.05) is 6.54 Å². The molecule has 25 heavy (non-hydrogen) atoms. The number of hydrogen-bond acceptors (Lipinski definition) is 4. The topological polar surface area (TPSA) is 40.1 Å². The minimum absolute atomic E-state index is 0.549. The summed E-state index contributed by atoms with van der Waals surface area (Å²) in [4.78, 5) is 2.98. The summed E-state index contributed by atoms with van der Waals surface area (Å²) >= 11 is 7.50. The fourth-order valence-electron chi connectivity index (χ4n) is 3.73. The fraction of sp³-hybridized carbons (Fsp3) is 0.389. The largest absolute Gasteiger partial charge is 0.309 e. The molecule has 0 bridgehead atoms. The minimum atomic E-state index is 0.549. The Morgan fingerprint density at radius 1 is 1.24 bits per heavy atom. The summed E-state index contributed by atoms with van der Waals surface area (Å²) < 4.78 is 4.30. The monoisotopic (exact) mass is 372 g/mol. The highest BCUT2D eigenvalue weighted by Gasteiger charge is 2.31. The van der Waals surface area contributed by atoms with Gasteiger partial charge in [0.2, 0.25) is 4.77 Å². The molecule has 0 amide bonds. The van der Waals surface area contributed by atoms with Crippen molar-refractivity contribution >= 4 is 23.6 Å². The van der Waals surface area contributed by atoms with E-state index in [2.05, 4.69) is 60.0 Å². The molecule has 0 spiro atoms. The maximum atomic E-state index is 5.66. The second kappa shape index (κ2) is 6.82. The summed E-state index contributed by atoms with van der Waals surface area (Å²) in [5.41, 5.74) is 3.39. The highest BCUT2D eigenvalue weighted by Crippen LogP contribution is 2.23. The Morgan fingerprint density at radius 2 is 2.04 bits per heavy atom. The number of thiophene rings is 1. The Labute approximate surface area is 156 Å². The lowest BCUT2D eigenvalue weighted by Gasteiger charge is -2.19. The van der Waals surface area contributed by atoms with Crippen LogP contribution in [-0.2, 0) is 6.67 Å². The number of aryl methyl sites for hydroxylation is 2. The smallest absolute Gasteiger partial charge is 0.225 e. The molecule has 0 radical (unpaired) electrons. The average Bonchev–Trinajstić information content (AvgIpc) is 3.29. The van der Waals surface area contributed by atoms with Crippen LogP contribution in [0.5, 0.6) is 0 Å². The van der Waals surface area contributed by atoms with Crippen LogP contribution in [0.25, 0.3) is 5.69 Å². The first kappa shape index (κ1) is 16.6. The van der Waals surface area contributed by atoms with Crippen LogP contribution in [-0.4, -0.2) is 26.3 Å². The number of likely N-dealkylation sites (tertiary alicyclic amines) is 1. The zero-order valence-electron chi connectivity index (χ0n) is 14.5. The molecule has 4 rings (SSSR count). The third-order valence-corrected chi connectivity index (χ3v) is 6.18. The van der Waals surface area contributed by atoms with Crippen LogP contribution in [0.4, 0.5) is 0 Å². The highest BCUT2D eigenvalue weighted by molar-refractivity contribution is 7.71. The van der Waals surface area contributed by atoms with Crippen molar-refractivity contribution < 1.29 is 4.90 Å². The lowest BCUT2D eigenvalue weighted by atomic mass is 10.1. The molecule has 1 aliphatic rings. The van der Waals surface area contributed by atoms with Gasteiger partial charge in [-0.2, -0.15) is 9.36 Å². The Hall–Kier alpha value is -1.83. The minimum Gasteiger partial charge on any atom is -0.309 e. The molecular formula is C18H22N5S2+. The van der Waals surface area contributed by atoms with Crippen LogP contribution in [0.1, 0.15) is 34.9 Å². The second-order valence-corrected chi connectivity index (χ2v) is 8.14. The average molecular weight is 373 g/mol. The molecule has 3 heterocycles. The standard InChI is InChI=1S/C18H21N5S2/c1-13-9-14(2)11-15(10-13)23-18(24)22(19-20-23)12-21-7-3-5-16(21)17-6-4-8-25-17/h4,6,8-11,16H,3,5,7,12H2,1-2H3/p+1/t16-/m0/s1. The Balaban J connectivity index is 1.60. The van der Waals surface area contributed by atoms with Gasteiger partial charge >= 0.3 is 0 Å². The SMILES string of the molecule is Cc1cc(C)cc(-n2nnn(C[NH+]3CCC[C@H]3c3cccs3)c2=S)c1. The molecule has 0 saturated carbocycles. The van der Waals surface area contributed by atoms with E-state index >= 15 is 0 Å². The van der Waals surface area contributed by atoms with Gasteiger partial charge in [-0.25, -0.2) is 0 Å². The van der Waals surface area contributed by atoms with Gasteiger partial charge in [0, 0.05) is 12.8 Å². The Morgan fingerprint density at radius 3 is 2.76 bits per heavy atom. The van der Waals surface area contributed by atoms with Crippen LogP contribution in [0, 0.1) is 18.6 Å². The molecule has 1 aromatic carbocycles. The van der Waals surface area contributed by atoms with E-state index in [9.17, 15) is 0 Å². The van der Waals surface area contributed by atoms with E-state index in [1.807, 2.05) is 16.0 Å². The van der Waals surface area contributed by atoms with Gasteiger partial charge < -0.3 is 4.90 Å². The van der Waals surface area contributed by atoms with Gasteiger partial charge in [0.15, 0.2) is 6.67 Å². The molecular weight excluding hydrogens is 350 g/mol. The first-order valence-corrected chi connectivity index (χ1v) is 9.90. The van der Waals surface area contributed by atoms with Gasteiger partial charge in [-0.05, 0) is 71.2 Å². The van der Waals surface area contributed by atoms with Crippen molar-refractivity contribution in [2.45, 2.75) is 39.4 Å². The zero-order chi connectivity index (χ0) is 17.4. The number of rotatable bonds is 4. The van der Waals surface area contributed by atoms with Crippen LogP contribution >= 0.6 is 23.6 Å². The third kappa shape index (κ3) is 3.31. The number of aromatic nitrogens is 4.